The first-order valence-electron chi connectivity index (χ1n) is 7.91. The monoisotopic (exact) mass is 260 g/mol. The van der Waals surface area contributed by atoms with Crippen molar-refractivity contribution in [2.45, 2.75) is 39.0 Å². The van der Waals surface area contributed by atoms with Crippen molar-refractivity contribution in [2.75, 3.05) is 31.1 Å². The third kappa shape index (κ3) is 4.87. The third-order valence-electron chi connectivity index (χ3n) is 4.11. The molecule has 2 heteroatoms. The summed E-state index contributed by atoms with van der Waals surface area (Å²) < 4.78 is 0. The summed E-state index contributed by atoms with van der Waals surface area (Å²) in [5, 5.41) is 3.46. The van der Waals surface area contributed by atoms with Gasteiger partial charge in [-0.25, -0.2) is 0 Å². The molecule has 1 aromatic carbocycles. The molecule has 0 aromatic heterocycles. The Morgan fingerprint density at radius 2 is 1.95 bits per heavy atom. The molecule has 1 atom stereocenters. The smallest absolute Gasteiger partial charge is 0.0366 e. The zero-order valence-electron chi connectivity index (χ0n) is 12.3. The summed E-state index contributed by atoms with van der Waals surface area (Å²) in [4.78, 5) is 2.56. The number of anilines is 1. The van der Waals surface area contributed by atoms with E-state index in [0.29, 0.717) is 0 Å². The Hall–Kier alpha value is -1.02. The number of hydrogen-bond donors (Lipinski definition) is 1. The van der Waals surface area contributed by atoms with E-state index in [0.717, 1.165) is 5.92 Å². The first-order valence-corrected chi connectivity index (χ1v) is 7.91. The maximum atomic E-state index is 3.46. The number of nitrogens with one attached hydrogen (secondary N) is 1. The van der Waals surface area contributed by atoms with E-state index in [1.54, 1.807) is 0 Å². The lowest BCUT2D eigenvalue weighted by Crippen LogP contribution is -2.26. The van der Waals surface area contributed by atoms with Crippen LogP contribution in [0.1, 0.15) is 39.0 Å². The average molecular weight is 260 g/mol. The SMILES string of the molecule is CCCCN(CCCC1CCNC1)c1ccccc1. The number of para-hydroxylation sites is 1. The van der Waals surface area contributed by atoms with Gasteiger partial charge in [0.05, 0.1) is 0 Å². The van der Waals surface area contributed by atoms with Crippen LogP contribution in [0.5, 0.6) is 0 Å². The second-order valence-electron chi connectivity index (χ2n) is 5.68. The van der Waals surface area contributed by atoms with Gasteiger partial charge in [-0.15, -0.1) is 0 Å². The molecule has 19 heavy (non-hydrogen) atoms. The molecule has 1 fully saturated rings. The quantitative estimate of drug-likeness (QED) is 0.767. The lowest BCUT2D eigenvalue weighted by molar-refractivity contribution is 0.505. The van der Waals surface area contributed by atoms with Crippen LogP contribution in [0.25, 0.3) is 0 Å². The van der Waals surface area contributed by atoms with E-state index in [-0.39, 0.29) is 0 Å². The zero-order chi connectivity index (χ0) is 13.3. The van der Waals surface area contributed by atoms with E-state index in [4.69, 9.17) is 0 Å². The summed E-state index contributed by atoms with van der Waals surface area (Å²) in [6.45, 7) is 7.14. The molecule has 0 amide bonds. The number of benzene rings is 1. The molecule has 1 N–H and O–H groups in total. The normalized spacial score (nSPS) is 18.7. The van der Waals surface area contributed by atoms with Gasteiger partial charge in [-0.05, 0) is 56.8 Å². The van der Waals surface area contributed by atoms with E-state index < -0.39 is 0 Å². The van der Waals surface area contributed by atoms with Crippen molar-refractivity contribution < 1.29 is 0 Å². The van der Waals surface area contributed by atoms with E-state index in [9.17, 15) is 0 Å². The van der Waals surface area contributed by atoms with Gasteiger partial charge in [0.25, 0.3) is 0 Å². The minimum atomic E-state index is 0.920. The predicted molar refractivity (Wildman–Crippen MR) is 83.8 cm³/mol. The molecule has 1 aliphatic heterocycles. The Bertz CT molecular complexity index is 330. The topological polar surface area (TPSA) is 15.3 Å². The third-order valence-corrected chi connectivity index (χ3v) is 4.11. The minimum Gasteiger partial charge on any atom is -0.372 e. The fourth-order valence-corrected chi connectivity index (χ4v) is 2.89. The standard InChI is InChI=1S/C17H28N2/c1-2-3-13-19(17-9-5-4-6-10-17)14-7-8-16-11-12-18-15-16/h4-6,9-10,16,18H,2-3,7-8,11-15H2,1H3. The van der Waals surface area contributed by atoms with Gasteiger partial charge in [-0.2, -0.15) is 0 Å². The van der Waals surface area contributed by atoms with Crippen molar-refractivity contribution >= 4 is 5.69 Å². The first kappa shape index (κ1) is 14.4. The van der Waals surface area contributed by atoms with Crippen LogP contribution in [0.2, 0.25) is 0 Å². The number of nitrogens with zero attached hydrogens (tertiary/aromatic N) is 1. The summed E-state index contributed by atoms with van der Waals surface area (Å²) in [5.41, 5.74) is 1.39. The molecule has 0 saturated carbocycles. The average Bonchev–Trinajstić information content (AvgIpc) is 2.97. The molecular formula is C17H28N2. The number of rotatable bonds is 8. The van der Waals surface area contributed by atoms with E-state index in [1.807, 2.05) is 0 Å². The summed E-state index contributed by atoms with van der Waals surface area (Å²) in [7, 11) is 0. The van der Waals surface area contributed by atoms with Gasteiger partial charge >= 0.3 is 0 Å². The van der Waals surface area contributed by atoms with Crippen molar-refractivity contribution in [3.63, 3.8) is 0 Å². The molecule has 0 radical (unpaired) electrons. The molecule has 0 aliphatic carbocycles. The van der Waals surface area contributed by atoms with E-state index >= 15 is 0 Å². The highest BCUT2D eigenvalue weighted by atomic mass is 15.1. The van der Waals surface area contributed by atoms with Gasteiger partial charge in [0.2, 0.25) is 0 Å². The molecule has 0 spiro atoms. The first-order chi connectivity index (χ1) is 9.40. The van der Waals surface area contributed by atoms with Crippen LogP contribution in [0.3, 0.4) is 0 Å². The molecule has 0 bridgehead atoms. The van der Waals surface area contributed by atoms with Gasteiger partial charge in [0.1, 0.15) is 0 Å². The second-order valence-corrected chi connectivity index (χ2v) is 5.68. The molecule has 1 saturated heterocycles. The summed E-state index contributed by atoms with van der Waals surface area (Å²) in [6.07, 6.45) is 6.64. The number of unbranched alkanes of at least 4 members (excludes halogenated alkanes) is 1. The second kappa shape index (κ2) is 8.21. The lowest BCUT2D eigenvalue weighted by Gasteiger charge is -2.25. The predicted octanol–water partition coefficient (Wildman–Crippen LogP) is 3.68. The van der Waals surface area contributed by atoms with Gasteiger partial charge in [-0.3, -0.25) is 0 Å². The molecule has 2 rings (SSSR count). The highest BCUT2D eigenvalue weighted by molar-refractivity contribution is 5.45. The van der Waals surface area contributed by atoms with Crippen LogP contribution < -0.4 is 10.2 Å². The molecule has 106 valence electrons. The van der Waals surface area contributed by atoms with Crippen molar-refractivity contribution in [1.82, 2.24) is 5.32 Å². The highest BCUT2D eigenvalue weighted by Crippen LogP contribution is 2.18. The van der Waals surface area contributed by atoms with Crippen molar-refractivity contribution in [3.05, 3.63) is 30.3 Å². The van der Waals surface area contributed by atoms with Gasteiger partial charge < -0.3 is 10.2 Å². The Kier molecular flexibility index (Phi) is 6.22. The Labute approximate surface area is 118 Å². The van der Waals surface area contributed by atoms with E-state index in [1.165, 1.54) is 64.0 Å². The molecular weight excluding hydrogens is 232 g/mol. The fourth-order valence-electron chi connectivity index (χ4n) is 2.89. The molecule has 1 aromatic rings. The molecule has 1 heterocycles. The highest BCUT2D eigenvalue weighted by Gasteiger charge is 2.14. The maximum absolute atomic E-state index is 3.46. The van der Waals surface area contributed by atoms with Crippen LogP contribution in [-0.4, -0.2) is 26.2 Å². The van der Waals surface area contributed by atoms with Crippen LogP contribution in [-0.2, 0) is 0 Å². The minimum absolute atomic E-state index is 0.920. The van der Waals surface area contributed by atoms with Crippen LogP contribution in [0, 0.1) is 5.92 Å². The summed E-state index contributed by atoms with van der Waals surface area (Å²) >= 11 is 0. The Morgan fingerprint density at radius 3 is 2.63 bits per heavy atom. The van der Waals surface area contributed by atoms with Gasteiger partial charge in [0.15, 0.2) is 0 Å². The number of hydrogen-bond acceptors (Lipinski definition) is 2. The maximum Gasteiger partial charge on any atom is 0.0366 e. The van der Waals surface area contributed by atoms with Crippen LogP contribution >= 0.6 is 0 Å². The zero-order valence-corrected chi connectivity index (χ0v) is 12.3. The fraction of sp³-hybridized carbons (Fsp3) is 0.647. The lowest BCUT2D eigenvalue weighted by atomic mass is 10.0. The summed E-state index contributed by atoms with van der Waals surface area (Å²) in [5.74, 6) is 0.920. The molecule has 1 aliphatic rings. The van der Waals surface area contributed by atoms with Crippen molar-refractivity contribution in [1.29, 1.82) is 0 Å². The van der Waals surface area contributed by atoms with Crippen molar-refractivity contribution in [3.8, 4) is 0 Å². The van der Waals surface area contributed by atoms with Gasteiger partial charge in [-0.1, -0.05) is 31.5 Å². The Morgan fingerprint density at radius 1 is 1.16 bits per heavy atom. The van der Waals surface area contributed by atoms with Crippen LogP contribution in [0.15, 0.2) is 30.3 Å². The van der Waals surface area contributed by atoms with Crippen LogP contribution in [0.4, 0.5) is 5.69 Å². The van der Waals surface area contributed by atoms with Gasteiger partial charge in [0, 0.05) is 18.8 Å². The van der Waals surface area contributed by atoms with E-state index in [2.05, 4.69) is 47.5 Å². The largest absolute Gasteiger partial charge is 0.372 e. The summed E-state index contributed by atoms with van der Waals surface area (Å²) in [6, 6.07) is 10.9. The molecule has 1 unspecified atom stereocenters. The Balaban J connectivity index is 1.79. The molecule has 2 nitrogen and oxygen atoms in total. The van der Waals surface area contributed by atoms with Crippen molar-refractivity contribution in [2.24, 2.45) is 5.92 Å².